The van der Waals surface area contributed by atoms with Gasteiger partial charge in [-0.25, -0.2) is 4.79 Å². The number of fused-ring (bicyclic) bond motifs is 3. The van der Waals surface area contributed by atoms with Gasteiger partial charge >= 0.3 is 5.63 Å². The number of benzene rings is 3. The molecule has 4 aromatic rings. The molecule has 1 heterocycles. The molecule has 3 aromatic carbocycles. The summed E-state index contributed by atoms with van der Waals surface area (Å²) in [6, 6.07) is 23.5. The molecule has 2 heteroatoms. The van der Waals surface area contributed by atoms with Crippen LogP contribution < -0.4 is 5.63 Å². The molecule has 0 fully saturated rings. The van der Waals surface area contributed by atoms with Crippen molar-refractivity contribution < 1.29 is 4.42 Å². The third-order valence-electron chi connectivity index (χ3n) is 3.73. The van der Waals surface area contributed by atoms with Crippen LogP contribution in [-0.4, -0.2) is 0 Å². The summed E-state index contributed by atoms with van der Waals surface area (Å²) in [6.07, 6.45) is 0. The van der Waals surface area contributed by atoms with E-state index in [9.17, 15) is 4.79 Å². The molecule has 0 saturated heterocycles. The molecule has 21 heavy (non-hydrogen) atoms. The van der Waals surface area contributed by atoms with E-state index in [1.165, 1.54) is 0 Å². The van der Waals surface area contributed by atoms with Crippen molar-refractivity contribution in [1.82, 2.24) is 0 Å². The van der Waals surface area contributed by atoms with Gasteiger partial charge in [0.1, 0.15) is 5.58 Å². The molecule has 0 spiro atoms. The molecule has 0 aliphatic carbocycles. The van der Waals surface area contributed by atoms with Gasteiger partial charge in [0.05, 0.1) is 5.56 Å². The zero-order chi connectivity index (χ0) is 14.2. The molecule has 4 rings (SSSR count). The summed E-state index contributed by atoms with van der Waals surface area (Å²) < 4.78 is 5.50. The summed E-state index contributed by atoms with van der Waals surface area (Å²) in [7, 11) is 0. The first-order valence-corrected chi connectivity index (χ1v) is 6.84. The van der Waals surface area contributed by atoms with Gasteiger partial charge in [0.15, 0.2) is 0 Å². The molecule has 0 amide bonds. The van der Waals surface area contributed by atoms with Gasteiger partial charge in [-0.05, 0) is 28.5 Å². The quantitative estimate of drug-likeness (QED) is 0.374. The topological polar surface area (TPSA) is 30.2 Å². The van der Waals surface area contributed by atoms with E-state index in [1.807, 2.05) is 66.7 Å². The number of hydrogen-bond acceptors (Lipinski definition) is 2. The van der Waals surface area contributed by atoms with Crippen LogP contribution in [0.2, 0.25) is 0 Å². The van der Waals surface area contributed by atoms with Crippen molar-refractivity contribution in [3.05, 3.63) is 83.2 Å². The Morgan fingerprint density at radius 1 is 0.714 bits per heavy atom. The third kappa shape index (κ3) is 1.93. The Labute approximate surface area is 121 Å². The fraction of sp³-hybridized carbons (Fsp3) is 0. The van der Waals surface area contributed by atoms with Gasteiger partial charge in [-0.15, -0.1) is 0 Å². The molecule has 0 aliphatic heterocycles. The predicted octanol–water partition coefficient (Wildman–Crippen LogP) is 4.61. The predicted molar refractivity (Wildman–Crippen MR) is 85.4 cm³/mol. The molecule has 0 aliphatic rings. The van der Waals surface area contributed by atoms with Crippen molar-refractivity contribution in [3.8, 4) is 11.1 Å². The highest BCUT2D eigenvalue weighted by molar-refractivity contribution is 6.06. The zero-order valence-electron chi connectivity index (χ0n) is 11.2. The molecule has 0 radical (unpaired) electrons. The first-order valence-electron chi connectivity index (χ1n) is 6.84. The SMILES string of the molecule is O=c1oc2ccc3ccccc3c2cc1-c1ccccc1. The first kappa shape index (κ1) is 11.9. The Kier molecular flexibility index (Phi) is 2.61. The van der Waals surface area contributed by atoms with E-state index in [0.29, 0.717) is 11.1 Å². The summed E-state index contributed by atoms with van der Waals surface area (Å²) in [4.78, 5) is 12.2. The van der Waals surface area contributed by atoms with E-state index in [-0.39, 0.29) is 5.63 Å². The molecule has 0 N–H and O–H groups in total. The van der Waals surface area contributed by atoms with E-state index in [2.05, 4.69) is 6.07 Å². The van der Waals surface area contributed by atoms with Crippen LogP contribution in [0.3, 0.4) is 0 Å². The van der Waals surface area contributed by atoms with Crippen LogP contribution in [0.15, 0.2) is 82.0 Å². The lowest BCUT2D eigenvalue weighted by Gasteiger charge is -2.05. The summed E-state index contributed by atoms with van der Waals surface area (Å²) >= 11 is 0. The lowest BCUT2D eigenvalue weighted by atomic mass is 10.0. The van der Waals surface area contributed by atoms with Gasteiger partial charge in [-0.1, -0.05) is 60.7 Å². The second-order valence-corrected chi connectivity index (χ2v) is 5.01. The smallest absolute Gasteiger partial charge is 0.344 e. The largest absolute Gasteiger partial charge is 0.422 e. The Morgan fingerprint density at radius 2 is 1.48 bits per heavy atom. The van der Waals surface area contributed by atoms with Crippen molar-refractivity contribution in [1.29, 1.82) is 0 Å². The normalized spacial score (nSPS) is 11.0. The molecule has 2 nitrogen and oxygen atoms in total. The van der Waals surface area contributed by atoms with E-state index in [0.717, 1.165) is 21.7 Å². The van der Waals surface area contributed by atoms with Crippen molar-refractivity contribution in [2.75, 3.05) is 0 Å². The highest BCUT2D eigenvalue weighted by Gasteiger charge is 2.09. The summed E-state index contributed by atoms with van der Waals surface area (Å²) in [5, 5.41) is 3.19. The molecule has 0 atom stereocenters. The van der Waals surface area contributed by atoms with Gasteiger partial charge in [-0.2, -0.15) is 0 Å². The molecular formula is C19H12O2. The van der Waals surface area contributed by atoms with Gasteiger partial charge in [0.2, 0.25) is 0 Å². The summed E-state index contributed by atoms with van der Waals surface area (Å²) in [5.41, 5.74) is 1.79. The number of hydrogen-bond donors (Lipinski definition) is 0. The fourth-order valence-corrected chi connectivity index (χ4v) is 2.69. The van der Waals surface area contributed by atoms with Gasteiger partial charge in [0, 0.05) is 5.39 Å². The maximum Gasteiger partial charge on any atom is 0.344 e. The van der Waals surface area contributed by atoms with Crippen LogP contribution in [0.4, 0.5) is 0 Å². The molecule has 0 bridgehead atoms. The van der Waals surface area contributed by atoms with Gasteiger partial charge in [0.25, 0.3) is 0 Å². The highest BCUT2D eigenvalue weighted by Crippen LogP contribution is 2.27. The Hall–Kier alpha value is -2.87. The average molecular weight is 272 g/mol. The Bertz CT molecular complexity index is 998. The van der Waals surface area contributed by atoms with E-state index >= 15 is 0 Å². The molecule has 0 saturated carbocycles. The number of rotatable bonds is 1. The van der Waals surface area contributed by atoms with Crippen LogP contribution in [0.25, 0.3) is 32.9 Å². The average Bonchev–Trinajstić information content (AvgIpc) is 2.55. The van der Waals surface area contributed by atoms with E-state index in [1.54, 1.807) is 0 Å². The standard InChI is InChI=1S/C19H12O2/c20-19-16(13-6-2-1-3-7-13)12-17-15-9-5-4-8-14(15)10-11-18(17)21-19/h1-12H. The maximum atomic E-state index is 12.2. The van der Waals surface area contributed by atoms with Crippen LogP contribution in [-0.2, 0) is 0 Å². The molecule has 0 unspecified atom stereocenters. The highest BCUT2D eigenvalue weighted by atomic mass is 16.4. The van der Waals surface area contributed by atoms with E-state index < -0.39 is 0 Å². The zero-order valence-corrected chi connectivity index (χ0v) is 11.2. The third-order valence-corrected chi connectivity index (χ3v) is 3.73. The second kappa shape index (κ2) is 4.60. The van der Waals surface area contributed by atoms with Gasteiger partial charge < -0.3 is 4.42 Å². The summed E-state index contributed by atoms with van der Waals surface area (Å²) in [6.45, 7) is 0. The van der Waals surface area contributed by atoms with Crippen LogP contribution in [0, 0.1) is 0 Å². The molecule has 1 aromatic heterocycles. The minimum atomic E-state index is -0.302. The Balaban J connectivity index is 2.12. The minimum absolute atomic E-state index is 0.302. The molecule has 100 valence electrons. The Morgan fingerprint density at radius 3 is 2.33 bits per heavy atom. The maximum absolute atomic E-state index is 12.2. The minimum Gasteiger partial charge on any atom is -0.422 e. The lowest BCUT2D eigenvalue weighted by Crippen LogP contribution is -2.02. The fourth-order valence-electron chi connectivity index (χ4n) is 2.69. The van der Waals surface area contributed by atoms with Gasteiger partial charge in [-0.3, -0.25) is 0 Å². The monoisotopic (exact) mass is 272 g/mol. The van der Waals surface area contributed by atoms with Crippen LogP contribution >= 0.6 is 0 Å². The van der Waals surface area contributed by atoms with Crippen molar-refractivity contribution in [3.63, 3.8) is 0 Å². The lowest BCUT2D eigenvalue weighted by molar-refractivity contribution is 0.564. The first-order chi connectivity index (χ1) is 10.3. The van der Waals surface area contributed by atoms with Crippen molar-refractivity contribution in [2.45, 2.75) is 0 Å². The van der Waals surface area contributed by atoms with Crippen molar-refractivity contribution >= 4 is 21.7 Å². The molecular weight excluding hydrogens is 260 g/mol. The van der Waals surface area contributed by atoms with E-state index in [4.69, 9.17) is 4.42 Å². The van der Waals surface area contributed by atoms with Crippen molar-refractivity contribution in [2.24, 2.45) is 0 Å². The van der Waals surface area contributed by atoms with Crippen LogP contribution in [0.5, 0.6) is 0 Å². The summed E-state index contributed by atoms with van der Waals surface area (Å²) in [5.74, 6) is 0. The van der Waals surface area contributed by atoms with Crippen LogP contribution in [0.1, 0.15) is 0 Å². The second-order valence-electron chi connectivity index (χ2n) is 5.01.